The summed E-state index contributed by atoms with van der Waals surface area (Å²) >= 11 is 0. The third-order valence-corrected chi connectivity index (χ3v) is 2.44. The summed E-state index contributed by atoms with van der Waals surface area (Å²) in [6.07, 6.45) is -1.23. The number of benzene rings is 1. The molecule has 1 heterocycles. The summed E-state index contributed by atoms with van der Waals surface area (Å²) in [5, 5.41) is 2.74. The van der Waals surface area contributed by atoms with Gasteiger partial charge in [0.15, 0.2) is 0 Å². The number of halogens is 3. The van der Waals surface area contributed by atoms with Crippen LogP contribution in [0.3, 0.4) is 0 Å². The van der Waals surface area contributed by atoms with E-state index in [9.17, 15) is 13.2 Å². The van der Waals surface area contributed by atoms with Crippen molar-refractivity contribution in [1.82, 2.24) is 10.8 Å². The fraction of sp³-hybridized carbons (Fsp3) is 0.250. The minimum atomic E-state index is -4.38. The molecular weight excluding hydrogens is 259 g/mol. The highest BCUT2D eigenvalue weighted by atomic mass is 19.4. The van der Waals surface area contributed by atoms with Gasteiger partial charge in [0, 0.05) is 6.20 Å². The van der Waals surface area contributed by atoms with E-state index in [1.165, 1.54) is 18.5 Å². The van der Waals surface area contributed by atoms with Crippen LogP contribution in [-0.2, 0) is 17.6 Å². The number of hydrogen-bond donors (Lipinski definition) is 2. The fourth-order valence-corrected chi connectivity index (χ4v) is 1.57. The molecule has 1 aliphatic rings. The van der Waals surface area contributed by atoms with Crippen LogP contribution in [0.15, 0.2) is 41.2 Å². The van der Waals surface area contributed by atoms with Crippen molar-refractivity contribution < 1.29 is 18.0 Å². The van der Waals surface area contributed by atoms with E-state index in [0.717, 1.165) is 6.07 Å². The van der Waals surface area contributed by atoms with E-state index in [4.69, 9.17) is 4.84 Å². The summed E-state index contributed by atoms with van der Waals surface area (Å²) in [4.78, 5) is 8.98. The molecule has 0 aromatic heterocycles. The van der Waals surface area contributed by atoms with E-state index in [-0.39, 0.29) is 12.2 Å². The molecule has 0 saturated carbocycles. The molecule has 7 heteroatoms. The van der Waals surface area contributed by atoms with E-state index in [1.807, 2.05) is 0 Å². The quantitative estimate of drug-likeness (QED) is 0.825. The van der Waals surface area contributed by atoms with E-state index < -0.39 is 11.7 Å². The van der Waals surface area contributed by atoms with Crippen molar-refractivity contribution in [3.05, 3.63) is 47.3 Å². The van der Waals surface area contributed by atoms with Gasteiger partial charge in [0.1, 0.15) is 6.61 Å². The lowest BCUT2D eigenvalue weighted by molar-refractivity contribution is -0.139. The summed E-state index contributed by atoms with van der Waals surface area (Å²) < 4.78 is 38.1. The number of rotatable bonds is 4. The molecule has 2 rings (SSSR count). The Balaban J connectivity index is 1.94. The molecule has 0 spiro atoms. The summed E-state index contributed by atoms with van der Waals surface area (Å²) in [7, 11) is 0. The molecule has 0 radical (unpaired) electrons. The summed E-state index contributed by atoms with van der Waals surface area (Å²) in [5.74, 6) is 0. The Bertz CT molecular complexity index is 497. The SMILES string of the molecule is FC(F)(F)c1ccccc1CONC1=CNC=NC1. The molecule has 0 aliphatic carbocycles. The van der Waals surface area contributed by atoms with Crippen LogP contribution in [0.4, 0.5) is 13.2 Å². The number of nitrogens with zero attached hydrogens (tertiary/aromatic N) is 1. The predicted octanol–water partition coefficient (Wildman–Crippen LogP) is 2.20. The molecule has 1 aliphatic heterocycles. The van der Waals surface area contributed by atoms with Gasteiger partial charge in [-0.2, -0.15) is 13.2 Å². The first-order valence-corrected chi connectivity index (χ1v) is 5.53. The average Bonchev–Trinajstić information content (AvgIpc) is 2.39. The van der Waals surface area contributed by atoms with Crippen LogP contribution in [0.25, 0.3) is 0 Å². The van der Waals surface area contributed by atoms with Crippen molar-refractivity contribution in [2.45, 2.75) is 12.8 Å². The number of nitrogens with one attached hydrogen (secondary N) is 2. The van der Waals surface area contributed by atoms with Gasteiger partial charge in [0.05, 0.1) is 24.1 Å². The Kier molecular flexibility index (Phi) is 4.06. The monoisotopic (exact) mass is 271 g/mol. The van der Waals surface area contributed by atoms with Crippen molar-refractivity contribution in [1.29, 1.82) is 0 Å². The molecule has 2 N–H and O–H groups in total. The lowest BCUT2D eigenvalue weighted by atomic mass is 10.1. The van der Waals surface area contributed by atoms with Gasteiger partial charge in [-0.05, 0) is 11.6 Å². The highest BCUT2D eigenvalue weighted by Crippen LogP contribution is 2.31. The molecular formula is C12H12F3N3O. The highest BCUT2D eigenvalue weighted by Gasteiger charge is 2.32. The van der Waals surface area contributed by atoms with Crippen LogP contribution in [0, 0.1) is 0 Å². The molecule has 1 aromatic carbocycles. The normalized spacial score (nSPS) is 14.8. The molecule has 0 atom stereocenters. The Labute approximate surface area is 107 Å². The third kappa shape index (κ3) is 3.72. The molecule has 0 fully saturated rings. The maximum atomic E-state index is 12.7. The average molecular weight is 271 g/mol. The van der Waals surface area contributed by atoms with Crippen molar-refractivity contribution in [3.8, 4) is 0 Å². The first kappa shape index (κ1) is 13.4. The zero-order valence-electron chi connectivity index (χ0n) is 9.87. The zero-order valence-corrected chi connectivity index (χ0v) is 9.87. The molecule has 102 valence electrons. The van der Waals surface area contributed by atoms with Gasteiger partial charge in [-0.25, -0.2) is 0 Å². The second-order valence-corrected chi connectivity index (χ2v) is 3.85. The predicted molar refractivity (Wildman–Crippen MR) is 63.9 cm³/mol. The fourth-order valence-electron chi connectivity index (χ4n) is 1.57. The van der Waals surface area contributed by atoms with Crippen LogP contribution in [0.1, 0.15) is 11.1 Å². The largest absolute Gasteiger partial charge is 0.416 e. The first-order valence-electron chi connectivity index (χ1n) is 5.53. The van der Waals surface area contributed by atoms with Gasteiger partial charge < -0.3 is 5.32 Å². The maximum absolute atomic E-state index is 12.7. The van der Waals surface area contributed by atoms with Gasteiger partial charge >= 0.3 is 6.18 Å². The van der Waals surface area contributed by atoms with Gasteiger partial charge in [-0.1, -0.05) is 18.2 Å². The van der Waals surface area contributed by atoms with E-state index in [0.29, 0.717) is 12.2 Å². The lowest BCUT2D eigenvalue weighted by Crippen LogP contribution is -2.22. The Morgan fingerprint density at radius 3 is 2.79 bits per heavy atom. The smallest absolute Gasteiger partial charge is 0.351 e. The molecule has 1 aromatic rings. The summed E-state index contributed by atoms with van der Waals surface area (Å²) in [5.41, 5.74) is 2.60. The van der Waals surface area contributed by atoms with Crippen molar-refractivity contribution >= 4 is 6.34 Å². The van der Waals surface area contributed by atoms with Crippen LogP contribution < -0.4 is 10.8 Å². The van der Waals surface area contributed by atoms with Gasteiger partial charge in [0.2, 0.25) is 0 Å². The third-order valence-electron chi connectivity index (χ3n) is 2.44. The highest BCUT2D eigenvalue weighted by molar-refractivity contribution is 5.57. The molecule has 0 saturated heterocycles. The maximum Gasteiger partial charge on any atom is 0.416 e. The van der Waals surface area contributed by atoms with E-state index in [2.05, 4.69) is 15.8 Å². The number of alkyl halides is 3. The Morgan fingerprint density at radius 1 is 1.32 bits per heavy atom. The molecule has 0 amide bonds. The van der Waals surface area contributed by atoms with E-state index in [1.54, 1.807) is 12.3 Å². The second-order valence-electron chi connectivity index (χ2n) is 3.85. The van der Waals surface area contributed by atoms with Crippen molar-refractivity contribution in [2.24, 2.45) is 4.99 Å². The number of hydrogen-bond acceptors (Lipinski definition) is 4. The van der Waals surface area contributed by atoms with Gasteiger partial charge in [0.25, 0.3) is 0 Å². The Morgan fingerprint density at radius 2 is 2.11 bits per heavy atom. The molecule has 0 unspecified atom stereocenters. The zero-order chi connectivity index (χ0) is 13.7. The van der Waals surface area contributed by atoms with Crippen molar-refractivity contribution in [2.75, 3.05) is 6.54 Å². The first-order chi connectivity index (χ1) is 9.07. The summed E-state index contributed by atoms with van der Waals surface area (Å²) in [6.45, 7) is 0.213. The van der Waals surface area contributed by atoms with Crippen molar-refractivity contribution in [3.63, 3.8) is 0 Å². The second kappa shape index (κ2) is 5.75. The number of hydroxylamine groups is 1. The molecule has 0 bridgehead atoms. The van der Waals surface area contributed by atoms with Crippen LogP contribution >= 0.6 is 0 Å². The van der Waals surface area contributed by atoms with Crippen LogP contribution in [0.5, 0.6) is 0 Å². The van der Waals surface area contributed by atoms with Crippen LogP contribution in [-0.4, -0.2) is 12.9 Å². The van der Waals surface area contributed by atoms with E-state index >= 15 is 0 Å². The molecule has 4 nitrogen and oxygen atoms in total. The molecule has 19 heavy (non-hydrogen) atoms. The summed E-state index contributed by atoms with van der Waals surface area (Å²) in [6, 6.07) is 5.31. The standard InChI is InChI=1S/C12H12F3N3O/c13-12(14,15)11-4-2-1-3-9(11)7-19-18-10-5-16-8-17-6-10/h1-5,8,18H,6-7H2,(H,16,17). The minimum absolute atomic E-state index is 0.0790. The minimum Gasteiger partial charge on any atom is -0.351 e. The number of aliphatic imine (C=N–C) groups is 1. The van der Waals surface area contributed by atoms with Gasteiger partial charge in [-0.3, -0.25) is 15.3 Å². The topological polar surface area (TPSA) is 45.6 Å². The lowest BCUT2D eigenvalue weighted by Gasteiger charge is -2.15. The van der Waals surface area contributed by atoms with Crippen LogP contribution in [0.2, 0.25) is 0 Å². The Hall–Kier alpha value is -2.02. The van der Waals surface area contributed by atoms with Gasteiger partial charge in [-0.15, -0.1) is 0 Å².